The lowest BCUT2D eigenvalue weighted by Crippen LogP contribution is -2.44. The van der Waals surface area contributed by atoms with Gasteiger partial charge in [0.2, 0.25) is 0 Å². The first-order valence-corrected chi connectivity index (χ1v) is 3.75. The summed E-state index contributed by atoms with van der Waals surface area (Å²) in [5.74, 6) is 0. The monoisotopic (exact) mass is 145 g/mol. The molecule has 0 aromatic carbocycles. The van der Waals surface area contributed by atoms with Gasteiger partial charge in [-0.1, -0.05) is 0 Å². The molecule has 1 fully saturated rings. The Kier molecular flexibility index (Phi) is 2.65. The zero-order valence-corrected chi connectivity index (χ0v) is 6.50. The molecule has 0 amide bonds. The summed E-state index contributed by atoms with van der Waals surface area (Å²) < 4.78 is 5.18. The summed E-state index contributed by atoms with van der Waals surface area (Å²) in [4.78, 5) is 0. The van der Waals surface area contributed by atoms with E-state index in [1.807, 2.05) is 14.0 Å². The summed E-state index contributed by atoms with van der Waals surface area (Å²) in [6, 6.07) is 0.406. The summed E-state index contributed by atoms with van der Waals surface area (Å²) in [7, 11) is 1.92. The first kappa shape index (κ1) is 7.98. The molecule has 2 N–H and O–H groups in total. The van der Waals surface area contributed by atoms with Crippen molar-refractivity contribution in [2.45, 2.75) is 38.2 Å². The molecule has 1 aliphatic heterocycles. The maximum atomic E-state index is 9.04. The molecule has 0 aromatic rings. The lowest BCUT2D eigenvalue weighted by atomic mass is 10.0. The van der Waals surface area contributed by atoms with Crippen LogP contribution in [0.3, 0.4) is 0 Å². The van der Waals surface area contributed by atoms with Gasteiger partial charge in [0, 0.05) is 6.04 Å². The number of rotatable bonds is 1. The van der Waals surface area contributed by atoms with Crippen LogP contribution in [0.5, 0.6) is 0 Å². The number of aliphatic hydroxyl groups is 1. The lowest BCUT2D eigenvalue weighted by Gasteiger charge is -2.31. The number of ether oxygens (including phenoxy) is 1. The van der Waals surface area contributed by atoms with E-state index in [1.54, 1.807) is 0 Å². The van der Waals surface area contributed by atoms with Crippen LogP contribution in [0.2, 0.25) is 0 Å². The average Bonchev–Trinajstić information content (AvgIpc) is 1.88. The predicted octanol–water partition coefficient (Wildman–Crippen LogP) is 0.0917. The summed E-state index contributed by atoms with van der Waals surface area (Å²) in [5, 5.41) is 12.2. The van der Waals surface area contributed by atoms with Crippen molar-refractivity contribution in [2.75, 3.05) is 7.05 Å². The highest BCUT2D eigenvalue weighted by Crippen LogP contribution is 2.16. The Labute approximate surface area is 61.4 Å². The molecule has 1 rings (SSSR count). The van der Waals surface area contributed by atoms with Gasteiger partial charge in [0.1, 0.15) is 0 Å². The van der Waals surface area contributed by atoms with Crippen molar-refractivity contribution in [1.29, 1.82) is 0 Å². The molecule has 1 heterocycles. The van der Waals surface area contributed by atoms with Crippen molar-refractivity contribution in [2.24, 2.45) is 0 Å². The zero-order chi connectivity index (χ0) is 7.56. The van der Waals surface area contributed by atoms with Crippen LogP contribution in [0.15, 0.2) is 0 Å². The molecule has 1 aliphatic rings. The van der Waals surface area contributed by atoms with E-state index >= 15 is 0 Å². The van der Waals surface area contributed by atoms with Gasteiger partial charge in [0.25, 0.3) is 0 Å². The van der Waals surface area contributed by atoms with E-state index in [-0.39, 0.29) is 6.10 Å². The smallest absolute Gasteiger partial charge is 0.155 e. The highest BCUT2D eigenvalue weighted by molar-refractivity contribution is 4.76. The van der Waals surface area contributed by atoms with Crippen molar-refractivity contribution < 1.29 is 9.84 Å². The van der Waals surface area contributed by atoms with Crippen molar-refractivity contribution in [1.82, 2.24) is 5.32 Å². The van der Waals surface area contributed by atoms with Gasteiger partial charge in [-0.2, -0.15) is 0 Å². The molecule has 3 atom stereocenters. The van der Waals surface area contributed by atoms with Gasteiger partial charge in [0.05, 0.1) is 6.10 Å². The quantitative estimate of drug-likeness (QED) is 0.549. The van der Waals surface area contributed by atoms with Crippen molar-refractivity contribution in [3.8, 4) is 0 Å². The Bertz CT molecular complexity index is 108. The van der Waals surface area contributed by atoms with Crippen LogP contribution in [0.1, 0.15) is 19.8 Å². The summed E-state index contributed by atoms with van der Waals surface area (Å²) in [5.41, 5.74) is 0. The number of aliphatic hydroxyl groups excluding tert-OH is 1. The molecular formula is C7H15NO2. The van der Waals surface area contributed by atoms with E-state index < -0.39 is 6.29 Å². The third kappa shape index (κ3) is 1.68. The second-order valence-electron chi connectivity index (χ2n) is 2.77. The third-order valence-corrected chi connectivity index (χ3v) is 2.03. The molecule has 1 saturated heterocycles. The molecular weight excluding hydrogens is 130 g/mol. The number of hydrogen-bond acceptors (Lipinski definition) is 3. The van der Waals surface area contributed by atoms with Crippen LogP contribution in [-0.4, -0.2) is 30.6 Å². The fourth-order valence-electron chi connectivity index (χ4n) is 1.35. The van der Waals surface area contributed by atoms with Gasteiger partial charge < -0.3 is 15.2 Å². The Balaban J connectivity index is 2.36. The number of hydrogen-bond donors (Lipinski definition) is 2. The fourth-order valence-corrected chi connectivity index (χ4v) is 1.35. The predicted molar refractivity (Wildman–Crippen MR) is 38.6 cm³/mol. The van der Waals surface area contributed by atoms with Gasteiger partial charge >= 0.3 is 0 Å². The third-order valence-electron chi connectivity index (χ3n) is 2.03. The Morgan fingerprint density at radius 3 is 2.70 bits per heavy atom. The molecule has 0 spiro atoms. The van der Waals surface area contributed by atoms with E-state index in [2.05, 4.69) is 5.32 Å². The summed E-state index contributed by atoms with van der Waals surface area (Å²) in [6.07, 6.45) is 1.34. The molecule has 0 saturated carbocycles. The average molecular weight is 145 g/mol. The van der Waals surface area contributed by atoms with Crippen LogP contribution < -0.4 is 5.32 Å². The van der Waals surface area contributed by atoms with Gasteiger partial charge in [-0.3, -0.25) is 0 Å². The van der Waals surface area contributed by atoms with Gasteiger partial charge in [-0.05, 0) is 26.8 Å². The minimum absolute atomic E-state index is 0.133. The first-order valence-electron chi connectivity index (χ1n) is 3.75. The van der Waals surface area contributed by atoms with Crippen molar-refractivity contribution >= 4 is 0 Å². The SMILES string of the molecule is CNC1CC[C@H](O)OC1C. The summed E-state index contributed by atoms with van der Waals surface area (Å²) in [6.45, 7) is 1.98. The molecule has 3 nitrogen and oxygen atoms in total. The van der Waals surface area contributed by atoms with Crippen LogP contribution >= 0.6 is 0 Å². The second kappa shape index (κ2) is 3.32. The van der Waals surface area contributed by atoms with E-state index in [9.17, 15) is 0 Å². The maximum absolute atomic E-state index is 9.04. The minimum atomic E-state index is -0.542. The van der Waals surface area contributed by atoms with E-state index in [0.717, 1.165) is 12.8 Å². The molecule has 0 bridgehead atoms. The van der Waals surface area contributed by atoms with Crippen LogP contribution in [0.4, 0.5) is 0 Å². The highest BCUT2D eigenvalue weighted by atomic mass is 16.6. The molecule has 0 radical (unpaired) electrons. The molecule has 0 aliphatic carbocycles. The normalized spacial score (nSPS) is 41.7. The summed E-state index contributed by atoms with van der Waals surface area (Å²) >= 11 is 0. The number of nitrogens with one attached hydrogen (secondary N) is 1. The number of likely N-dealkylation sites (N-methyl/N-ethyl adjacent to an activating group) is 1. The van der Waals surface area contributed by atoms with Gasteiger partial charge in [-0.25, -0.2) is 0 Å². The van der Waals surface area contributed by atoms with E-state index in [0.29, 0.717) is 6.04 Å². The maximum Gasteiger partial charge on any atom is 0.155 e. The molecule has 2 unspecified atom stereocenters. The Hall–Kier alpha value is -0.120. The lowest BCUT2D eigenvalue weighted by molar-refractivity contribution is -0.166. The zero-order valence-electron chi connectivity index (χ0n) is 6.50. The fraction of sp³-hybridized carbons (Fsp3) is 1.00. The first-order chi connectivity index (χ1) is 4.74. The standard InChI is InChI=1S/C7H15NO2/c1-5-6(8-2)3-4-7(9)10-5/h5-9H,3-4H2,1-2H3/t5?,6?,7-/m1/s1. The van der Waals surface area contributed by atoms with E-state index in [1.165, 1.54) is 0 Å². The Morgan fingerprint density at radius 2 is 2.20 bits per heavy atom. The van der Waals surface area contributed by atoms with E-state index in [4.69, 9.17) is 9.84 Å². The topological polar surface area (TPSA) is 41.5 Å². The largest absolute Gasteiger partial charge is 0.368 e. The van der Waals surface area contributed by atoms with Crippen molar-refractivity contribution in [3.05, 3.63) is 0 Å². The highest BCUT2D eigenvalue weighted by Gasteiger charge is 2.24. The molecule has 0 aromatic heterocycles. The molecule has 10 heavy (non-hydrogen) atoms. The van der Waals surface area contributed by atoms with Crippen LogP contribution in [0.25, 0.3) is 0 Å². The second-order valence-corrected chi connectivity index (χ2v) is 2.77. The molecule has 60 valence electrons. The minimum Gasteiger partial charge on any atom is -0.368 e. The van der Waals surface area contributed by atoms with Crippen LogP contribution in [-0.2, 0) is 4.74 Å². The van der Waals surface area contributed by atoms with Gasteiger partial charge in [0.15, 0.2) is 6.29 Å². The van der Waals surface area contributed by atoms with Crippen molar-refractivity contribution in [3.63, 3.8) is 0 Å². The molecule has 3 heteroatoms. The van der Waals surface area contributed by atoms with Gasteiger partial charge in [-0.15, -0.1) is 0 Å². The Morgan fingerprint density at radius 1 is 1.50 bits per heavy atom. The van der Waals surface area contributed by atoms with Crippen LogP contribution in [0, 0.1) is 0 Å².